The number of hydrogen-bond donors (Lipinski definition) is 4. The minimum Gasteiger partial charge on any atom is -0.338 e. The van der Waals surface area contributed by atoms with E-state index in [9.17, 15) is 9.59 Å². The largest absolute Gasteiger partial charge is 0.338 e. The predicted octanol–water partition coefficient (Wildman–Crippen LogP) is 5.73. The summed E-state index contributed by atoms with van der Waals surface area (Å²) < 4.78 is 4.22. The number of nitrogens with one attached hydrogen (secondary N) is 4. The minimum atomic E-state index is -0.201. The van der Waals surface area contributed by atoms with Gasteiger partial charge in [-0.05, 0) is 46.5 Å². The van der Waals surface area contributed by atoms with E-state index in [-0.39, 0.29) is 12.1 Å². The first-order valence-corrected chi connectivity index (χ1v) is 14.5. The van der Waals surface area contributed by atoms with E-state index in [1.54, 1.807) is 0 Å². The first-order chi connectivity index (χ1) is 20.6. The summed E-state index contributed by atoms with van der Waals surface area (Å²) in [6, 6.07) is 24.4. The summed E-state index contributed by atoms with van der Waals surface area (Å²) in [6.07, 6.45) is 9.75. The van der Waals surface area contributed by atoms with Crippen molar-refractivity contribution in [3.63, 3.8) is 0 Å². The van der Waals surface area contributed by atoms with Crippen LogP contribution < -0.4 is 30.4 Å². The van der Waals surface area contributed by atoms with Crippen LogP contribution in [0.2, 0.25) is 0 Å². The summed E-state index contributed by atoms with van der Waals surface area (Å²) in [5, 5.41) is 16.3. The lowest BCUT2D eigenvalue weighted by atomic mass is 9.91. The maximum absolute atomic E-state index is 12.2. The molecule has 3 aromatic carbocycles. The Morgan fingerprint density at radius 2 is 0.952 bits per heavy atom. The van der Waals surface area contributed by atoms with Crippen molar-refractivity contribution in [3.05, 3.63) is 109 Å². The van der Waals surface area contributed by atoms with Crippen molar-refractivity contribution in [2.75, 3.05) is 23.7 Å². The van der Waals surface area contributed by atoms with Gasteiger partial charge in [-0.2, -0.15) is 9.13 Å². The molecule has 0 atom stereocenters. The molecule has 0 aliphatic rings. The fraction of sp³-hybridized carbons (Fsp3) is 0.235. The van der Waals surface area contributed by atoms with Crippen LogP contribution in [0.25, 0.3) is 21.5 Å². The average Bonchev–Trinajstić information content (AvgIpc) is 3.01. The molecule has 8 nitrogen and oxygen atoms in total. The van der Waals surface area contributed by atoms with Gasteiger partial charge >= 0.3 is 12.1 Å². The third kappa shape index (κ3) is 6.83. The lowest BCUT2D eigenvalue weighted by Crippen LogP contribution is -2.36. The molecule has 0 bridgehead atoms. The van der Waals surface area contributed by atoms with Crippen molar-refractivity contribution in [1.82, 2.24) is 10.6 Å². The second-order valence-corrected chi connectivity index (χ2v) is 10.3. The SMILES string of the molecule is CCCNC(=O)Nc1ccc[n+](Cc2c3ccccc3c(C[n+]3cccc(NC(=O)NCCC)c3)c3ccccc23)c1. The van der Waals surface area contributed by atoms with Crippen LogP contribution in [0.5, 0.6) is 0 Å². The standard InChI is InChI=1S/C34H36N6O2/c1-3-17-35-33(41)37-25-11-9-19-39(21-25)23-31-27-13-5-7-15-29(27)32(30-16-8-6-14-28(30)31)24-40-20-10-12-26(22-40)38-34(42)36-18-4-2/h5-16,19-22H,3-4,17-18,23-24H2,1-2H3,(H2-2,35,36,37,38,41,42)/p+2. The van der Waals surface area contributed by atoms with Gasteiger partial charge in [0.25, 0.3) is 0 Å². The van der Waals surface area contributed by atoms with Gasteiger partial charge in [-0.3, -0.25) is 0 Å². The van der Waals surface area contributed by atoms with Gasteiger partial charge in [0.1, 0.15) is 11.4 Å². The van der Waals surface area contributed by atoms with Crippen molar-refractivity contribution in [3.8, 4) is 0 Å². The molecule has 0 aliphatic carbocycles. The summed E-state index contributed by atoms with van der Waals surface area (Å²) in [4.78, 5) is 24.5. The van der Waals surface area contributed by atoms with Crippen molar-refractivity contribution in [1.29, 1.82) is 0 Å². The van der Waals surface area contributed by atoms with Crippen molar-refractivity contribution in [2.45, 2.75) is 39.8 Å². The Morgan fingerprint density at radius 3 is 1.31 bits per heavy atom. The highest BCUT2D eigenvalue weighted by atomic mass is 16.2. The molecule has 0 saturated heterocycles. The predicted molar refractivity (Wildman–Crippen MR) is 168 cm³/mol. The number of benzene rings is 3. The van der Waals surface area contributed by atoms with Crippen molar-refractivity contribution < 1.29 is 18.7 Å². The summed E-state index contributed by atoms with van der Waals surface area (Å²) in [7, 11) is 0. The number of urea groups is 2. The second kappa shape index (κ2) is 13.6. The molecule has 0 unspecified atom stereocenters. The van der Waals surface area contributed by atoms with Crippen LogP contribution in [0, 0.1) is 0 Å². The molecule has 4 N–H and O–H groups in total. The Hall–Kier alpha value is -4.98. The van der Waals surface area contributed by atoms with E-state index in [0.717, 1.165) is 24.2 Å². The Morgan fingerprint density at radius 1 is 0.571 bits per heavy atom. The Labute approximate surface area is 246 Å². The summed E-state index contributed by atoms with van der Waals surface area (Å²) >= 11 is 0. The van der Waals surface area contributed by atoms with Gasteiger partial charge in [-0.15, -0.1) is 0 Å². The highest BCUT2D eigenvalue weighted by molar-refractivity contribution is 6.05. The van der Waals surface area contributed by atoms with Gasteiger partial charge in [-0.25, -0.2) is 9.59 Å². The molecule has 0 saturated carbocycles. The van der Waals surface area contributed by atoms with Crippen molar-refractivity contribution in [2.24, 2.45) is 0 Å². The molecule has 0 radical (unpaired) electrons. The zero-order valence-corrected chi connectivity index (χ0v) is 24.2. The highest BCUT2D eigenvalue weighted by Crippen LogP contribution is 2.33. The molecule has 0 spiro atoms. The van der Waals surface area contributed by atoms with Gasteiger partial charge in [-0.1, -0.05) is 62.4 Å². The smallest absolute Gasteiger partial charge is 0.319 e. The van der Waals surface area contributed by atoms with Crippen LogP contribution in [0.1, 0.15) is 37.8 Å². The number of rotatable bonds is 10. The number of hydrogen-bond acceptors (Lipinski definition) is 2. The molecule has 5 aromatic rings. The van der Waals surface area contributed by atoms with E-state index in [0.29, 0.717) is 26.2 Å². The molecule has 2 heterocycles. The fourth-order valence-corrected chi connectivity index (χ4v) is 5.23. The topological polar surface area (TPSA) is 90.0 Å². The number of fused-ring (bicyclic) bond motifs is 2. The quantitative estimate of drug-likeness (QED) is 0.129. The molecule has 0 fully saturated rings. The molecule has 4 amide bonds. The van der Waals surface area contributed by atoms with Gasteiger partial charge in [0.15, 0.2) is 37.9 Å². The van der Waals surface area contributed by atoms with Crippen LogP contribution in [0.3, 0.4) is 0 Å². The van der Waals surface area contributed by atoms with E-state index in [1.165, 1.54) is 32.7 Å². The van der Waals surface area contributed by atoms with Gasteiger partial charge in [0.05, 0.1) is 0 Å². The Bertz CT molecular complexity index is 1540. The molecule has 42 heavy (non-hydrogen) atoms. The number of carbonyl (C=O) groups excluding carboxylic acids is 2. The number of anilines is 2. The van der Waals surface area contributed by atoms with Crippen molar-refractivity contribution >= 4 is 45.0 Å². The zero-order chi connectivity index (χ0) is 29.3. The van der Waals surface area contributed by atoms with E-state index in [2.05, 4.69) is 78.9 Å². The maximum Gasteiger partial charge on any atom is 0.319 e. The number of carbonyl (C=O) groups is 2. The molecular weight excluding hydrogens is 524 g/mol. The van der Waals surface area contributed by atoms with Crippen LogP contribution in [0.15, 0.2) is 97.6 Å². The van der Waals surface area contributed by atoms with Crippen LogP contribution in [-0.4, -0.2) is 25.2 Å². The lowest BCUT2D eigenvalue weighted by Gasteiger charge is -2.14. The Balaban J connectivity index is 1.50. The highest BCUT2D eigenvalue weighted by Gasteiger charge is 2.19. The first-order valence-electron chi connectivity index (χ1n) is 14.5. The number of nitrogens with zero attached hydrogens (tertiary/aromatic N) is 2. The number of amides is 4. The van der Waals surface area contributed by atoms with Crippen LogP contribution >= 0.6 is 0 Å². The molecule has 2 aromatic heterocycles. The van der Waals surface area contributed by atoms with Gasteiger partial charge in [0.2, 0.25) is 0 Å². The van der Waals surface area contributed by atoms with E-state index < -0.39 is 0 Å². The molecular formula is C34H38N6O2+2. The van der Waals surface area contributed by atoms with Gasteiger partial charge in [0, 0.05) is 36.3 Å². The third-order valence-corrected chi connectivity index (χ3v) is 7.14. The molecule has 8 heteroatoms. The van der Waals surface area contributed by atoms with E-state index in [4.69, 9.17) is 0 Å². The summed E-state index contributed by atoms with van der Waals surface area (Å²) in [5.41, 5.74) is 3.92. The summed E-state index contributed by atoms with van der Waals surface area (Å²) in [5.74, 6) is 0. The van der Waals surface area contributed by atoms with E-state index in [1.807, 2.05) is 62.9 Å². The van der Waals surface area contributed by atoms with Gasteiger partial charge < -0.3 is 21.3 Å². The Kier molecular flexibility index (Phi) is 9.23. The minimum absolute atomic E-state index is 0.201. The van der Waals surface area contributed by atoms with Crippen LogP contribution in [-0.2, 0) is 13.1 Å². The third-order valence-electron chi connectivity index (χ3n) is 7.14. The second-order valence-electron chi connectivity index (χ2n) is 10.3. The summed E-state index contributed by atoms with van der Waals surface area (Å²) in [6.45, 7) is 6.62. The monoisotopic (exact) mass is 562 g/mol. The average molecular weight is 563 g/mol. The lowest BCUT2D eigenvalue weighted by molar-refractivity contribution is -0.687. The molecule has 0 aliphatic heterocycles. The first kappa shape index (κ1) is 28.5. The van der Waals surface area contributed by atoms with E-state index >= 15 is 0 Å². The zero-order valence-electron chi connectivity index (χ0n) is 24.2. The molecule has 5 rings (SSSR count). The normalized spacial score (nSPS) is 10.9. The number of aromatic nitrogens is 2. The maximum atomic E-state index is 12.2. The number of pyridine rings is 2. The fourth-order valence-electron chi connectivity index (χ4n) is 5.23. The van der Waals surface area contributed by atoms with Crippen LogP contribution in [0.4, 0.5) is 21.0 Å². The molecule has 214 valence electrons.